The summed E-state index contributed by atoms with van der Waals surface area (Å²) in [5.74, 6) is 0.148. The predicted molar refractivity (Wildman–Crippen MR) is 83.2 cm³/mol. The molecule has 0 radical (unpaired) electrons. The van der Waals surface area contributed by atoms with Gasteiger partial charge in [-0.25, -0.2) is 0 Å². The van der Waals surface area contributed by atoms with Gasteiger partial charge in [0.05, 0.1) is 19.1 Å². The van der Waals surface area contributed by atoms with Crippen LogP contribution in [0.4, 0.5) is 0 Å². The van der Waals surface area contributed by atoms with Crippen LogP contribution in [0.3, 0.4) is 0 Å². The van der Waals surface area contributed by atoms with E-state index in [0.717, 1.165) is 34.0 Å². The summed E-state index contributed by atoms with van der Waals surface area (Å²) in [5, 5.41) is 0. The molecule has 2 aliphatic heterocycles. The number of aromatic nitrogens is 1. The number of ether oxygens (including phenoxy) is 2. The Morgan fingerprint density at radius 2 is 2.24 bits per heavy atom. The second kappa shape index (κ2) is 6.56. The number of aromatic amines is 1. The van der Waals surface area contributed by atoms with Crippen molar-refractivity contribution >= 4 is 29.5 Å². The van der Waals surface area contributed by atoms with Crippen molar-refractivity contribution in [3.8, 4) is 0 Å². The summed E-state index contributed by atoms with van der Waals surface area (Å²) in [4.78, 5) is 18.5. The Morgan fingerprint density at radius 1 is 1.43 bits per heavy atom. The van der Waals surface area contributed by atoms with Crippen LogP contribution >= 0.6 is 23.6 Å². The van der Waals surface area contributed by atoms with Crippen molar-refractivity contribution in [3.63, 3.8) is 0 Å². The second-order valence-electron chi connectivity index (χ2n) is 5.54. The molecule has 0 aromatic carbocycles. The second-order valence-corrected chi connectivity index (χ2v) is 7.31. The molecule has 2 unspecified atom stereocenters. The van der Waals surface area contributed by atoms with Crippen LogP contribution in [-0.2, 0) is 20.7 Å². The summed E-state index contributed by atoms with van der Waals surface area (Å²) in [6, 6.07) is 0. The molecule has 2 fully saturated rings. The fourth-order valence-electron chi connectivity index (χ4n) is 2.88. The first-order valence-electron chi connectivity index (χ1n) is 7.33. The molecule has 1 N–H and O–H groups in total. The molecular weight excluding hydrogens is 308 g/mol. The van der Waals surface area contributed by atoms with Crippen LogP contribution in [0.5, 0.6) is 0 Å². The molecule has 0 aliphatic carbocycles. The molecule has 1 aromatic rings. The van der Waals surface area contributed by atoms with E-state index in [-0.39, 0.29) is 18.1 Å². The fraction of sp³-hybridized carbons (Fsp3) is 0.714. The number of thiazole rings is 1. The van der Waals surface area contributed by atoms with Gasteiger partial charge in [-0.1, -0.05) is 0 Å². The molecule has 3 rings (SSSR count). The van der Waals surface area contributed by atoms with E-state index in [4.69, 9.17) is 21.7 Å². The maximum absolute atomic E-state index is 12.5. The first kappa shape index (κ1) is 15.1. The van der Waals surface area contributed by atoms with Crippen LogP contribution in [0.15, 0.2) is 0 Å². The Labute approximate surface area is 133 Å². The molecule has 3 heterocycles. The number of H-pyrrole nitrogens is 1. The summed E-state index contributed by atoms with van der Waals surface area (Å²) in [6.07, 6.45) is 2.71. The molecule has 2 saturated heterocycles. The minimum absolute atomic E-state index is 0.0238. The third-order valence-electron chi connectivity index (χ3n) is 4.06. The molecule has 1 amide bonds. The zero-order valence-electron chi connectivity index (χ0n) is 12.1. The van der Waals surface area contributed by atoms with Crippen LogP contribution in [0.1, 0.15) is 23.4 Å². The predicted octanol–water partition coefficient (Wildman–Crippen LogP) is 2.06. The molecule has 0 saturated carbocycles. The van der Waals surface area contributed by atoms with E-state index in [1.807, 2.05) is 11.8 Å². The number of rotatable bonds is 3. The highest BCUT2D eigenvalue weighted by Gasteiger charge is 2.32. The number of hydrogen-bond acceptors (Lipinski definition) is 5. The Kier molecular flexibility index (Phi) is 4.73. The van der Waals surface area contributed by atoms with Crippen LogP contribution in [0, 0.1) is 10.9 Å². The SMILES string of the molecule is Cc1[nH]c(=S)sc1CC(=O)N1CCOC(C2CCCO2)C1. The van der Waals surface area contributed by atoms with Crippen LogP contribution < -0.4 is 0 Å². The Bertz CT molecular complexity index is 563. The molecule has 0 spiro atoms. The van der Waals surface area contributed by atoms with E-state index in [0.29, 0.717) is 26.1 Å². The minimum atomic E-state index is 0.0238. The fourth-order valence-corrected chi connectivity index (χ4v) is 4.16. The summed E-state index contributed by atoms with van der Waals surface area (Å²) in [6.45, 7) is 4.67. The number of nitrogens with zero attached hydrogens (tertiary/aromatic N) is 1. The molecule has 2 atom stereocenters. The zero-order valence-corrected chi connectivity index (χ0v) is 13.7. The van der Waals surface area contributed by atoms with Gasteiger partial charge in [0.1, 0.15) is 6.10 Å². The average molecular weight is 328 g/mol. The third-order valence-corrected chi connectivity index (χ3v) is 5.40. The number of nitrogens with one attached hydrogen (secondary N) is 1. The molecule has 21 heavy (non-hydrogen) atoms. The molecule has 116 valence electrons. The standard InChI is InChI=1S/C14H20N2O3S2/c1-9-12(21-14(20)15-9)7-13(17)16-4-6-19-11(8-16)10-3-2-5-18-10/h10-11H,2-8H2,1H3,(H,15,20). The number of amides is 1. The van der Waals surface area contributed by atoms with Crippen LogP contribution in [0.2, 0.25) is 0 Å². The van der Waals surface area contributed by atoms with Gasteiger partial charge in [0.2, 0.25) is 5.91 Å². The van der Waals surface area contributed by atoms with Gasteiger partial charge in [-0.15, -0.1) is 11.3 Å². The summed E-state index contributed by atoms with van der Waals surface area (Å²) in [5.41, 5.74) is 1.00. The highest BCUT2D eigenvalue weighted by atomic mass is 32.1. The highest BCUT2D eigenvalue weighted by molar-refractivity contribution is 7.73. The van der Waals surface area contributed by atoms with Crippen molar-refractivity contribution in [1.82, 2.24) is 9.88 Å². The Morgan fingerprint density at radius 3 is 2.90 bits per heavy atom. The molecule has 2 aliphatic rings. The molecule has 5 nitrogen and oxygen atoms in total. The summed E-state index contributed by atoms with van der Waals surface area (Å²) in [7, 11) is 0. The lowest BCUT2D eigenvalue weighted by molar-refractivity contribution is -0.144. The lowest BCUT2D eigenvalue weighted by Gasteiger charge is -2.35. The Hall–Kier alpha value is -0.760. The number of aryl methyl sites for hydroxylation is 1. The summed E-state index contributed by atoms with van der Waals surface area (Å²) >= 11 is 6.61. The van der Waals surface area contributed by atoms with Crippen molar-refractivity contribution in [1.29, 1.82) is 0 Å². The maximum atomic E-state index is 12.5. The number of hydrogen-bond donors (Lipinski definition) is 1. The van der Waals surface area contributed by atoms with E-state index < -0.39 is 0 Å². The smallest absolute Gasteiger partial charge is 0.228 e. The van der Waals surface area contributed by atoms with Gasteiger partial charge in [-0.05, 0) is 32.0 Å². The molecule has 0 bridgehead atoms. The van der Waals surface area contributed by atoms with Crippen molar-refractivity contribution < 1.29 is 14.3 Å². The van der Waals surface area contributed by atoms with Gasteiger partial charge in [-0.3, -0.25) is 4.79 Å². The van der Waals surface area contributed by atoms with Crippen LogP contribution in [0.25, 0.3) is 0 Å². The van der Waals surface area contributed by atoms with E-state index >= 15 is 0 Å². The van der Waals surface area contributed by atoms with E-state index in [9.17, 15) is 4.79 Å². The van der Waals surface area contributed by atoms with Gasteiger partial charge >= 0.3 is 0 Å². The van der Waals surface area contributed by atoms with Crippen LogP contribution in [-0.4, -0.2) is 54.3 Å². The van der Waals surface area contributed by atoms with Crippen molar-refractivity contribution in [3.05, 3.63) is 14.5 Å². The number of carbonyl (C=O) groups is 1. The van der Waals surface area contributed by atoms with Gasteiger partial charge in [0.25, 0.3) is 0 Å². The first-order valence-corrected chi connectivity index (χ1v) is 8.55. The number of morpholine rings is 1. The third kappa shape index (κ3) is 3.53. The maximum Gasteiger partial charge on any atom is 0.228 e. The van der Waals surface area contributed by atoms with E-state index in [2.05, 4.69) is 4.98 Å². The van der Waals surface area contributed by atoms with Crippen molar-refractivity contribution in [2.75, 3.05) is 26.3 Å². The quantitative estimate of drug-likeness (QED) is 0.863. The van der Waals surface area contributed by atoms with Gasteiger partial charge in [0.15, 0.2) is 3.95 Å². The normalized spacial score (nSPS) is 26.2. The van der Waals surface area contributed by atoms with Gasteiger partial charge in [-0.2, -0.15) is 0 Å². The van der Waals surface area contributed by atoms with Gasteiger partial charge < -0.3 is 19.4 Å². The first-order chi connectivity index (χ1) is 10.1. The van der Waals surface area contributed by atoms with Crippen molar-refractivity contribution in [2.24, 2.45) is 0 Å². The minimum Gasteiger partial charge on any atom is -0.375 e. The average Bonchev–Trinajstić information content (AvgIpc) is 3.09. The van der Waals surface area contributed by atoms with E-state index in [1.165, 1.54) is 11.3 Å². The largest absolute Gasteiger partial charge is 0.375 e. The zero-order chi connectivity index (χ0) is 14.8. The topological polar surface area (TPSA) is 54.6 Å². The summed E-state index contributed by atoms with van der Waals surface area (Å²) < 4.78 is 12.2. The number of carbonyl (C=O) groups excluding carboxylic acids is 1. The van der Waals surface area contributed by atoms with Crippen molar-refractivity contribution in [2.45, 2.75) is 38.4 Å². The molecule has 1 aromatic heterocycles. The molecule has 7 heteroatoms. The Balaban J connectivity index is 1.61. The lowest BCUT2D eigenvalue weighted by Crippen LogP contribution is -2.50. The van der Waals surface area contributed by atoms with Gasteiger partial charge in [0, 0.05) is 30.3 Å². The van der Waals surface area contributed by atoms with E-state index in [1.54, 1.807) is 0 Å². The monoisotopic (exact) mass is 328 g/mol. The highest BCUT2D eigenvalue weighted by Crippen LogP contribution is 2.22. The molecular formula is C14H20N2O3S2. The lowest BCUT2D eigenvalue weighted by atomic mass is 10.1.